The van der Waals surface area contributed by atoms with Gasteiger partial charge in [0.1, 0.15) is 23.9 Å². The van der Waals surface area contributed by atoms with Crippen molar-refractivity contribution in [2.24, 2.45) is 11.7 Å². The highest BCUT2D eigenvalue weighted by molar-refractivity contribution is 5.94. The van der Waals surface area contributed by atoms with Crippen molar-refractivity contribution in [2.45, 2.75) is 70.1 Å². The first kappa shape index (κ1) is 33.6. The van der Waals surface area contributed by atoms with Gasteiger partial charge in [0.05, 0.1) is 6.04 Å². The molecule has 2 aromatic carbocycles. The number of rotatable bonds is 16. The SMILES string of the molecule is CC(C)CC(NC(=O)C(Cc1ccc(O)cc1)NC(=O)C(CCC(=O)O)NC(=O)C(N)Cc1c[nH]c2ccccc12)C(=O)O. The van der Waals surface area contributed by atoms with E-state index in [0.29, 0.717) is 5.56 Å². The number of H-pyrrole nitrogens is 1. The quantitative estimate of drug-likeness (QED) is 0.117. The lowest BCUT2D eigenvalue weighted by Crippen LogP contribution is -2.58. The number of fused-ring (bicyclic) bond motifs is 1. The average molecular weight is 610 g/mol. The van der Waals surface area contributed by atoms with Crippen LogP contribution in [-0.4, -0.2) is 74.1 Å². The number of amides is 3. The van der Waals surface area contributed by atoms with Gasteiger partial charge < -0.3 is 42.0 Å². The first-order valence-electron chi connectivity index (χ1n) is 14.3. The van der Waals surface area contributed by atoms with Crippen LogP contribution in [0.25, 0.3) is 10.9 Å². The Morgan fingerprint density at radius 3 is 2.07 bits per heavy atom. The molecule has 0 saturated carbocycles. The minimum absolute atomic E-state index is 0.0120. The number of aliphatic carboxylic acids is 2. The van der Waals surface area contributed by atoms with E-state index in [0.717, 1.165) is 16.5 Å². The van der Waals surface area contributed by atoms with E-state index in [1.807, 2.05) is 24.3 Å². The fourth-order valence-corrected chi connectivity index (χ4v) is 4.76. The number of phenolic OH excluding ortho intramolecular Hbond substituents is 1. The smallest absolute Gasteiger partial charge is 0.326 e. The number of hydrogen-bond acceptors (Lipinski definition) is 7. The van der Waals surface area contributed by atoms with Crippen LogP contribution in [0.15, 0.2) is 54.7 Å². The molecular formula is C31H39N5O8. The summed E-state index contributed by atoms with van der Waals surface area (Å²) in [6.07, 6.45) is 1.20. The van der Waals surface area contributed by atoms with Gasteiger partial charge in [-0.25, -0.2) is 4.79 Å². The van der Waals surface area contributed by atoms with Crippen molar-refractivity contribution in [3.63, 3.8) is 0 Å². The average Bonchev–Trinajstić information content (AvgIpc) is 3.37. The number of benzene rings is 2. The van der Waals surface area contributed by atoms with Gasteiger partial charge in [-0.05, 0) is 54.5 Å². The number of hydrogen-bond donors (Lipinski definition) is 8. The molecule has 0 aliphatic carbocycles. The molecule has 3 amide bonds. The molecule has 0 aliphatic rings. The van der Waals surface area contributed by atoms with Crippen LogP contribution in [0, 0.1) is 5.92 Å². The lowest BCUT2D eigenvalue weighted by Gasteiger charge is -2.25. The molecule has 0 radical (unpaired) electrons. The number of carboxylic acids is 2. The van der Waals surface area contributed by atoms with E-state index in [1.54, 1.807) is 20.0 Å². The van der Waals surface area contributed by atoms with E-state index in [-0.39, 0.29) is 37.4 Å². The molecule has 0 fully saturated rings. The molecule has 0 saturated heterocycles. The molecule has 9 N–H and O–H groups in total. The van der Waals surface area contributed by atoms with Gasteiger partial charge in [-0.3, -0.25) is 19.2 Å². The van der Waals surface area contributed by atoms with Gasteiger partial charge in [0, 0.05) is 29.9 Å². The summed E-state index contributed by atoms with van der Waals surface area (Å²) in [5, 5.41) is 36.9. The molecule has 13 nitrogen and oxygen atoms in total. The minimum Gasteiger partial charge on any atom is -0.508 e. The summed E-state index contributed by atoms with van der Waals surface area (Å²) in [6, 6.07) is 8.42. The number of nitrogens with one attached hydrogen (secondary N) is 4. The van der Waals surface area contributed by atoms with Gasteiger partial charge in [0.25, 0.3) is 0 Å². The predicted octanol–water partition coefficient (Wildman–Crippen LogP) is 1.44. The van der Waals surface area contributed by atoms with Crippen molar-refractivity contribution in [1.29, 1.82) is 0 Å². The Bertz CT molecular complexity index is 1470. The molecule has 4 unspecified atom stereocenters. The Morgan fingerprint density at radius 2 is 1.43 bits per heavy atom. The first-order valence-corrected chi connectivity index (χ1v) is 14.3. The van der Waals surface area contributed by atoms with Crippen LogP contribution in [0.2, 0.25) is 0 Å². The van der Waals surface area contributed by atoms with Crippen LogP contribution in [0.4, 0.5) is 0 Å². The molecule has 1 heterocycles. The maximum absolute atomic E-state index is 13.5. The summed E-state index contributed by atoms with van der Waals surface area (Å²) in [4.78, 5) is 66.1. The second kappa shape index (κ2) is 15.5. The molecule has 0 bridgehead atoms. The standard InChI is InChI=1S/C31H39N5O8/c1-17(2)13-26(31(43)44)36-30(42)25(14-18-7-9-20(37)10-8-18)35-29(41)24(11-12-27(38)39)34-28(40)22(32)15-19-16-33-23-6-4-3-5-21(19)23/h3-10,16-17,22,24-26,33,37H,11-15,32H2,1-2H3,(H,34,40)(H,35,41)(H,36,42)(H,38,39)(H,43,44). The molecule has 236 valence electrons. The Labute approximate surface area is 254 Å². The number of aromatic nitrogens is 1. The van der Waals surface area contributed by atoms with Crippen LogP contribution in [-0.2, 0) is 36.8 Å². The Morgan fingerprint density at radius 1 is 0.818 bits per heavy atom. The van der Waals surface area contributed by atoms with E-state index < -0.39 is 60.2 Å². The topological polar surface area (TPSA) is 224 Å². The third kappa shape index (κ3) is 9.83. The van der Waals surface area contributed by atoms with Crippen molar-refractivity contribution >= 4 is 40.6 Å². The van der Waals surface area contributed by atoms with Gasteiger partial charge in [-0.1, -0.05) is 44.2 Å². The lowest BCUT2D eigenvalue weighted by molar-refractivity contribution is -0.142. The fraction of sp³-hybridized carbons (Fsp3) is 0.387. The molecule has 3 aromatic rings. The normalized spacial score (nSPS) is 13.9. The summed E-state index contributed by atoms with van der Waals surface area (Å²) in [5.74, 6) is -4.81. The zero-order chi connectivity index (χ0) is 32.4. The number of phenols is 1. The molecule has 0 aliphatic heterocycles. The lowest BCUT2D eigenvalue weighted by atomic mass is 10.0. The number of carbonyl (C=O) groups excluding carboxylic acids is 3. The molecule has 3 rings (SSSR count). The van der Waals surface area contributed by atoms with E-state index in [1.165, 1.54) is 24.3 Å². The van der Waals surface area contributed by atoms with Crippen LogP contribution < -0.4 is 21.7 Å². The highest BCUT2D eigenvalue weighted by atomic mass is 16.4. The molecule has 1 aromatic heterocycles. The van der Waals surface area contributed by atoms with E-state index in [9.17, 15) is 39.3 Å². The summed E-state index contributed by atoms with van der Waals surface area (Å²) in [7, 11) is 0. The number of nitrogens with two attached hydrogens (primary N) is 1. The molecule has 13 heteroatoms. The van der Waals surface area contributed by atoms with Gasteiger partial charge in [0.2, 0.25) is 17.7 Å². The van der Waals surface area contributed by atoms with Crippen molar-refractivity contribution in [3.8, 4) is 5.75 Å². The number of carboxylic acid groups (broad SMARTS) is 2. The summed E-state index contributed by atoms with van der Waals surface area (Å²) in [6.45, 7) is 3.60. The van der Waals surface area contributed by atoms with Crippen LogP contribution in [0.5, 0.6) is 5.75 Å². The number of aromatic amines is 1. The van der Waals surface area contributed by atoms with Crippen molar-refractivity contribution < 1.29 is 39.3 Å². The Hall–Kier alpha value is -4.91. The number of carbonyl (C=O) groups is 5. The minimum atomic E-state index is -1.35. The third-order valence-corrected chi connectivity index (χ3v) is 7.06. The highest BCUT2D eigenvalue weighted by Gasteiger charge is 2.31. The highest BCUT2D eigenvalue weighted by Crippen LogP contribution is 2.19. The Kier molecular flexibility index (Phi) is 11.9. The summed E-state index contributed by atoms with van der Waals surface area (Å²) in [5.41, 5.74) is 8.38. The van der Waals surface area contributed by atoms with E-state index in [2.05, 4.69) is 20.9 Å². The fourth-order valence-electron chi connectivity index (χ4n) is 4.76. The largest absolute Gasteiger partial charge is 0.508 e. The van der Waals surface area contributed by atoms with Gasteiger partial charge in [0.15, 0.2) is 0 Å². The second-order valence-corrected chi connectivity index (χ2v) is 11.1. The number of para-hydroxylation sites is 1. The van der Waals surface area contributed by atoms with Crippen molar-refractivity contribution in [1.82, 2.24) is 20.9 Å². The predicted molar refractivity (Wildman–Crippen MR) is 162 cm³/mol. The van der Waals surface area contributed by atoms with E-state index >= 15 is 0 Å². The molecule has 0 spiro atoms. The Balaban J connectivity index is 1.79. The second-order valence-electron chi connectivity index (χ2n) is 11.1. The van der Waals surface area contributed by atoms with Crippen molar-refractivity contribution in [2.75, 3.05) is 0 Å². The summed E-state index contributed by atoms with van der Waals surface area (Å²) < 4.78 is 0. The maximum atomic E-state index is 13.5. The van der Waals surface area contributed by atoms with Crippen molar-refractivity contribution in [3.05, 3.63) is 65.9 Å². The van der Waals surface area contributed by atoms with Crippen LogP contribution in [0.3, 0.4) is 0 Å². The van der Waals surface area contributed by atoms with Gasteiger partial charge >= 0.3 is 11.9 Å². The maximum Gasteiger partial charge on any atom is 0.326 e. The summed E-state index contributed by atoms with van der Waals surface area (Å²) >= 11 is 0. The molecule has 4 atom stereocenters. The van der Waals surface area contributed by atoms with Gasteiger partial charge in [-0.2, -0.15) is 0 Å². The zero-order valence-electron chi connectivity index (χ0n) is 24.6. The van der Waals surface area contributed by atoms with Crippen LogP contribution >= 0.6 is 0 Å². The van der Waals surface area contributed by atoms with Gasteiger partial charge in [-0.15, -0.1) is 0 Å². The molecular weight excluding hydrogens is 570 g/mol. The van der Waals surface area contributed by atoms with E-state index in [4.69, 9.17) is 5.73 Å². The van der Waals surface area contributed by atoms with Crippen LogP contribution in [0.1, 0.15) is 44.2 Å². The molecule has 44 heavy (non-hydrogen) atoms. The monoisotopic (exact) mass is 609 g/mol. The first-order chi connectivity index (χ1) is 20.8. The number of aromatic hydroxyl groups is 1. The zero-order valence-corrected chi connectivity index (χ0v) is 24.6. The third-order valence-electron chi connectivity index (χ3n) is 7.06.